The third-order valence-corrected chi connectivity index (χ3v) is 9.04. The molecule has 246 valence electrons. The molecule has 49 heavy (non-hydrogen) atoms. The average Bonchev–Trinajstić information content (AvgIpc) is 3.12. The fraction of sp³-hybridized carbons (Fsp3) is 0.0526. The molecule has 5 aromatic rings. The fourth-order valence-corrected chi connectivity index (χ4v) is 6.20. The van der Waals surface area contributed by atoms with Gasteiger partial charge in [0.25, 0.3) is 11.8 Å². The number of carbonyl (C=O) groups excluding carboxylic acids is 4. The topological polar surface area (TPSA) is 114 Å². The molecule has 8 nitrogen and oxygen atoms in total. The predicted octanol–water partition coefficient (Wildman–Crippen LogP) is 8.66. The number of nitrogens with one attached hydrogen (secondary N) is 3. The summed E-state index contributed by atoms with van der Waals surface area (Å²) in [5, 5.41) is 8.28. The van der Waals surface area contributed by atoms with Crippen LogP contribution in [-0.2, 0) is 14.3 Å². The second-order valence-corrected chi connectivity index (χ2v) is 12.4. The third kappa shape index (κ3) is 9.17. The summed E-state index contributed by atoms with van der Waals surface area (Å²) in [7, 11) is 1.28. The number of rotatable bonds is 11. The van der Waals surface area contributed by atoms with Gasteiger partial charge in [0.2, 0.25) is 5.91 Å². The molecule has 11 heteroatoms. The van der Waals surface area contributed by atoms with Crippen molar-refractivity contribution < 1.29 is 23.9 Å². The smallest absolute Gasteiger partial charge is 0.339 e. The molecule has 0 aliphatic rings. The summed E-state index contributed by atoms with van der Waals surface area (Å²) in [5.74, 6) is -2.00. The Morgan fingerprint density at radius 2 is 1.33 bits per heavy atom. The lowest BCUT2D eigenvalue weighted by atomic mass is 10.1. The molecule has 0 saturated heterocycles. The Kier molecular flexibility index (Phi) is 11.9. The summed E-state index contributed by atoms with van der Waals surface area (Å²) in [5.41, 5.74) is 2.41. The molecule has 1 unspecified atom stereocenters. The Balaban J connectivity index is 1.36. The highest BCUT2D eigenvalue weighted by Gasteiger charge is 2.24. The summed E-state index contributed by atoms with van der Waals surface area (Å²) in [4.78, 5) is 53.2. The quantitative estimate of drug-likeness (QED) is 0.0719. The normalized spacial score (nSPS) is 11.6. The van der Waals surface area contributed by atoms with Gasteiger partial charge in [0.1, 0.15) is 10.9 Å². The van der Waals surface area contributed by atoms with E-state index < -0.39 is 23.0 Å². The van der Waals surface area contributed by atoms with Crippen molar-refractivity contribution in [3.63, 3.8) is 0 Å². The SMILES string of the molecule is COC(=O)c1ccccc1NC(=O)C(Sc1ccc(NC(=O)/C(=C/c2c(Cl)cccc2Cl)NC(=O)c2ccccc2)cc1)c1ccccc1. The largest absolute Gasteiger partial charge is 0.465 e. The highest BCUT2D eigenvalue weighted by Crippen LogP contribution is 2.37. The molecule has 0 bridgehead atoms. The van der Waals surface area contributed by atoms with Crippen molar-refractivity contribution in [3.05, 3.63) is 165 Å². The first-order valence-corrected chi connectivity index (χ1v) is 16.5. The highest BCUT2D eigenvalue weighted by molar-refractivity contribution is 8.00. The molecular weight excluding hydrogens is 681 g/mol. The number of para-hydroxylation sites is 1. The third-order valence-electron chi connectivity index (χ3n) is 7.11. The van der Waals surface area contributed by atoms with Gasteiger partial charge in [0.05, 0.1) is 18.4 Å². The Morgan fingerprint density at radius 3 is 1.98 bits per heavy atom. The van der Waals surface area contributed by atoms with Crippen LogP contribution in [0.3, 0.4) is 0 Å². The van der Waals surface area contributed by atoms with Gasteiger partial charge in [-0.2, -0.15) is 0 Å². The van der Waals surface area contributed by atoms with Crippen molar-refractivity contribution in [2.24, 2.45) is 0 Å². The molecule has 0 aliphatic carbocycles. The fourth-order valence-electron chi connectivity index (χ4n) is 4.67. The molecule has 0 aliphatic heterocycles. The number of thioether (sulfide) groups is 1. The maximum Gasteiger partial charge on any atom is 0.339 e. The summed E-state index contributed by atoms with van der Waals surface area (Å²) < 4.78 is 4.87. The number of hydrogen-bond acceptors (Lipinski definition) is 6. The minimum absolute atomic E-state index is 0.0737. The Labute approximate surface area is 297 Å². The van der Waals surface area contributed by atoms with Gasteiger partial charge in [-0.3, -0.25) is 14.4 Å². The van der Waals surface area contributed by atoms with Gasteiger partial charge in [-0.15, -0.1) is 11.8 Å². The maximum absolute atomic E-state index is 13.7. The molecule has 0 fully saturated rings. The van der Waals surface area contributed by atoms with E-state index in [1.807, 2.05) is 30.3 Å². The van der Waals surface area contributed by atoms with Crippen LogP contribution in [-0.4, -0.2) is 30.8 Å². The summed E-state index contributed by atoms with van der Waals surface area (Å²) >= 11 is 14.0. The first kappa shape index (κ1) is 35.0. The van der Waals surface area contributed by atoms with Crippen LogP contribution >= 0.6 is 35.0 Å². The van der Waals surface area contributed by atoms with Crippen molar-refractivity contribution in [1.82, 2.24) is 5.32 Å². The standard InChI is InChI=1S/C38H29Cl2N3O5S/c1-48-38(47)28-15-8-9-18-32(28)42-37(46)34(24-11-4-2-5-12-24)49-27-21-19-26(20-22-27)41-36(45)33(23-29-30(39)16-10-17-31(29)40)43-35(44)25-13-6-3-7-14-25/h2-23,34H,1H3,(H,41,45)(H,42,46)(H,43,44)/b33-23-. The van der Waals surface area contributed by atoms with Gasteiger partial charge in [-0.25, -0.2) is 4.79 Å². The summed E-state index contributed by atoms with van der Waals surface area (Å²) in [6.45, 7) is 0. The van der Waals surface area contributed by atoms with E-state index in [4.69, 9.17) is 27.9 Å². The van der Waals surface area contributed by atoms with Crippen LogP contribution in [0, 0.1) is 0 Å². The molecule has 0 saturated carbocycles. The number of anilines is 2. The van der Waals surface area contributed by atoms with Gasteiger partial charge < -0.3 is 20.7 Å². The zero-order chi connectivity index (χ0) is 34.8. The molecule has 5 aromatic carbocycles. The number of halogens is 2. The van der Waals surface area contributed by atoms with E-state index in [0.717, 1.165) is 10.5 Å². The van der Waals surface area contributed by atoms with Crippen LogP contribution < -0.4 is 16.0 Å². The number of ether oxygens (including phenoxy) is 1. The number of amides is 3. The first-order chi connectivity index (χ1) is 23.7. The van der Waals surface area contributed by atoms with Gasteiger partial charge in [0, 0.05) is 31.8 Å². The van der Waals surface area contributed by atoms with E-state index in [1.54, 1.807) is 97.1 Å². The van der Waals surface area contributed by atoms with Gasteiger partial charge >= 0.3 is 5.97 Å². The number of esters is 1. The number of carbonyl (C=O) groups is 4. The predicted molar refractivity (Wildman–Crippen MR) is 195 cm³/mol. The highest BCUT2D eigenvalue weighted by atomic mass is 35.5. The van der Waals surface area contributed by atoms with E-state index in [2.05, 4.69) is 16.0 Å². The van der Waals surface area contributed by atoms with Crippen LogP contribution in [0.1, 0.15) is 37.1 Å². The molecule has 0 aromatic heterocycles. The zero-order valence-electron chi connectivity index (χ0n) is 26.0. The molecule has 5 rings (SSSR count). The summed E-state index contributed by atoms with van der Waals surface area (Å²) in [6, 6.07) is 36.2. The lowest BCUT2D eigenvalue weighted by molar-refractivity contribution is -0.116. The minimum atomic E-state index is -0.685. The van der Waals surface area contributed by atoms with Crippen LogP contribution in [0.2, 0.25) is 10.0 Å². The zero-order valence-corrected chi connectivity index (χ0v) is 28.3. The van der Waals surface area contributed by atoms with E-state index in [0.29, 0.717) is 32.5 Å². The van der Waals surface area contributed by atoms with Crippen molar-refractivity contribution >= 4 is 76.1 Å². The van der Waals surface area contributed by atoms with E-state index in [9.17, 15) is 19.2 Å². The van der Waals surface area contributed by atoms with Crippen molar-refractivity contribution in [1.29, 1.82) is 0 Å². The van der Waals surface area contributed by atoms with Crippen molar-refractivity contribution in [2.75, 3.05) is 17.7 Å². The van der Waals surface area contributed by atoms with Crippen LogP contribution in [0.4, 0.5) is 11.4 Å². The average molecular weight is 711 g/mol. The van der Waals surface area contributed by atoms with Gasteiger partial charge in [-0.1, -0.05) is 89.9 Å². The molecule has 1 atom stereocenters. The maximum atomic E-state index is 13.7. The van der Waals surface area contributed by atoms with E-state index in [1.165, 1.54) is 24.9 Å². The molecule has 0 radical (unpaired) electrons. The molecule has 0 spiro atoms. The van der Waals surface area contributed by atoms with E-state index >= 15 is 0 Å². The second-order valence-electron chi connectivity index (χ2n) is 10.4. The monoisotopic (exact) mass is 709 g/mol. The Bertz CT molecular complexity index is 1990. The van der Waals surface area contributed by atoms with Crippen molar-refractivity contribution in [2.45, 2.75) is 10.1 Å². The van der Waals surface area contributed by atoms with Crippen LogP contribution in [0.15, 0.2) is 138 Å². The number of benzene rings is 5. The summed E-state index contributed by atoms with van der Waals surface area (Å²) in [6.07, 6.45) is 1.42. The Morgan fingerprint density at radius 1 is 0.714 bits per heavy atom. The van der Waals surface area contributed by atoms with Gasteiger partial charge in [-0.05, 0) is 72.3 Å². The molecular formula is C38H29Cl2N3O5S. The number of hydrogen-bond donors (Lipinski definition) is 3. The van der Waals surface area contributed by atoms with Gasteiger partial charge in [0.15, 0.2) is 0 Å². The van der Waals surface area contributed by atoms with Crippen LogP contribution in [0.25, 0.3) is 6.08 Å². The Hall–Kier alpha value is -5.35. The molecule has 3 N–H and O–H groups in total. The lowest BCUT2D eigenvalue weighted by Gasteiger charge is -2.18. The first-order valence-electron chi connectivity index (χ1n) is 14.9. The number of methoxy groups -OCH3 is 1. The van der Waals surface area contributed by atoms with E-state index in [-0.39, 0.29) is 17.2 Å². The minimum Gasteiger partial charge on any atom is -0.465 e. The molecule has 0 heterocycles. The molecule has 3 amide bonds. The van der Waals surface area contributed by atoms with Crippen LogP contribution in [0.5, 0.6) is 0 Å². The van der Waals surface area contributed by atoms with Crippen molar-refractivity contribution in [3.8, 4) is 0 Å². The lowest BCUT2D eigenvalue weighted by Crippen LogP contribution is -2.30. The second kappa shape index (κ2) is 16.7.